The van der Waals surface area contributed by atoms with Gasteiger partial charge in [-0.25, -0.2) is 13.8 Å². The molecule has 4 nitrogen and oxygen atoms in total. The molecule has 0 radical (unpaired) electrons. The van der Waals surface area contributed by atoms with Crippen LogP contribution in [0, 0.1) is 11.6 Å². The van der Waals surface area contributed by atoms with Gasteiger partial charge in [-0.05, 0) is 54.0 Å². The molecule has 2 heterocycles. The Morgan fingerprint density at radius 2 is 1.79 bits per heavy atom. The molecule has 0 aliphatic carbocycles. The fraction of sp³-hybridized carbons (Fsp3) is 0.167. The van der Waals surface area contributed by atoms with Crippen LogP contribution in [-0.2, 0) is 11.0 Å². The van der Waals surface area contributed by atoms with E-state index in [1.807, 2.05) is 6.92 Å². The molecule has 33 heavy (non-hydrogen) atoms. The van der Waals surface area contributed by atoms with Gasteiger partial charge in [0.05, 0.1) is 11.3 Å². The highest BCUT2D eigenvalue weighted by Gasteiger charge is 2.32. The molecule has 1 amide bonds. The highest BCUT2D eigenvalue weighted by Crippen LogP contribution is 2.31. The van der Waals surface area contributed by atoms with E-state index in [1.165, 1.54) is 29.3 Å². The predicted molar refractivity (Wildman–Crippen MR) is 114 cm³/mol. The van der Waals surface area contributed by atoms with Crippen LogP contribution in [0.4, 0.5) is 22.0 Å². The van der Waals surface area contributed by atoms with Crippen LogP contribution in [0.3, 0.4) is 0 Å². The van der Waals surface area contributed by atoms with Gasteiger partial charge in [-0.1, -0.05) is 25.1 Å². The Morgan fingerprint density at radius 3 is 2.42 bits per heavy atom. The molecule has 0 saturated heterocycles. The molecule has 0 fully saturated rings. The number of hydrazone groups is 1. The van der Waals surface area contributed by atoms with Gasteiger partial charge in [-0.2, -0.15) is 18.3 Å². The molecule has 2 aromatic carbocycles. The smallest absolute Gasteiger partial charge is 0.360 e. The second kappa shape index (κ2) is 8.65. The Morgan fingerprint density at radius 1 is 1.06 bits per heavy atom. The highest BCUT2D eigenvalue weighted by molar-refractivity contribution is 6.01. The van der Waals surface area contributed by atoms with Crippen molar-refractivity contribution in [3.63, 3.8) is 0 Å². The Balaban J connectivity index is 1.75. The molecule has 0 saturated carbocycles. The van der Waals surface area contributed by atoms with Crippen LogP contribution in [-0.4, -0.2) is 22.8 Å². The van der Waals surface area contributed by atoms with E-state index in [0.717, 1.165) is 24.3 Å². The summed E-state index contributed by atoms with van der Waals surface area (Å²) in [5, 5.41) is 8.61. The molecule has 0 aromatic heterocycles. The second-order valence-electron chi connectivity index (χ2n) is 7.43. The van der Waals surface area contributed by atoms with Gasteiger partial charge in [-0.3, -0.25) is 4.79 Å². The highest BCUT2D eigenvalue weighted by atomic mass is 19.4. The van der Waals surface area contributed by atoms with Crippen LogP contribution in [0.2, 0.25) is 0 Å². The normalized spacial score (nSPS) is 20.1. The van der Waals surface area contributed by atoms with Gasteiger partial charge in [0.15, 0.2) is 0 Å². The van der Waals surface area contributed by atoms with Crippen molar-refractivity contribution in [1.82, 2.24) is 10.3 Å². The third kappa shape index (κ3) is 4.72. The lowest BCUT2D eigenvalue weighted by Gasteiger charge is -2.33. The number of benzene rings is 2. The standard InChI is InChI=1S/C24H18F5N3O/c1-2-18-9-5-15(19-10-8-17(25)12-20(19)26)11-22-30-21(13-23(33)32(22)31-18)14-3-6-16(7-4-14)24(27,28)29/h3-13,22,30H,2H2,1H3/b9-5?,15-11-,31-18?. The molecule has 1 unspecified atom stereocenters. The molecule has 0 spiro atoms. The van der Waals surface area contributed by atoms with Crippen LogP contribution in [0.5, 0.6) is 0 Å². The lowest BCUT2D eigenvalue weighted by molar-refractivity contribution is -0.137. The third-order valence-electron chi connectivity index (χ3n) is 5.22. The molecule has 0 bridgehead atoms. The van der Waals surface area contributed by atoms with Crippen molar-refractivity contribution in [2.45, 2.75) is 25.7 Å². The number of carbonyl (C=O) groups is 1. The fourth-order valence-electron chi connectivity index (χ4n) is 3.49. The molecule has 170 valence electrons. The molecule has 2 aliphatic heterocycles. The number of fused-ring (bicyclic) bond motifs is 1. The first kappa shape index (κ1) is 22.4. The number of alkyl halides is 3. The average Bonchev–Trinajstić information content (AvgIpc) is 2.75. The Kier molecular flexibility index (Phi) is 5.88. The van der Waals surface area contributed by atoms with E-state index in [4.69, 9.17) is 0 Å². The summed E-state index contributed by atoms with van der Waals surface area (Å²) in [5.41, 5.74) is 0.925. The van der Waals surface area contributed by atoms with Gasteiger partial charge in [0.2, 0.25) is 0 Å². The van der Waals surface area contributed by atoms with Crippen LogP contribution in [0.25, 0.3) is 11.3 Å². The summed E-state index contributed by atoms with van der Waals surface area (Å²) in [6.45, 7) is 1.84. The summed E-state index contributed by atoms with van der Waals surface area (Å²) in [7, 11) is 0. The second-order valence-corrected chi connectivity index (χ2v) is 7.43. The third-order valence-corrected chi connectivity index (χ3v) is 5.22. The summed E-state index contributed by atoms with van der Waals surface area (Å²) < 4.78 is 66.5. The zero-order valence-electron chi connectivity index (χ0n) is 17.3. The van der Waals surface area contributed by atoms with Gasteiger partial charge in [0, 0.05) is 23.4 Å². The zero-order chi connectivity index (χ0) is 23.8. The minimum atomic E-state index is -4.48. The van der Waals surface area contributed by atoms with E-state index >= 15 is 0 Å². The molecule has 9 heteroatoms. The van der Waals surface area contributed by atoms with Crippen molar-refractivity contribution in [1.29, 1.82) is 0 Å². The molecule has 2 aromatic rings. The minimum Gasteiger partial charge on any atom is -0.360 e. The predicted octanol–water partition coefficient (Wildman–Crippen LogP) is 5.50. The van der Waals surface area contributed by atoms with E-state index < -0.39 is 35.4 Å². The molecular weight excluding hydrogens is 441 g/mol. The van der Waals surface area contributed by atoms with E-state index in [2.05, 4.69) is 10.4 Å². The first-order valence-corrected chi connectivity index (χ1v) is 10.1. The number of hydrogen-bond acceptors (Lipinski definition) is 3. The molecule has 1 atom stereocenters. The van der Waals surface area contributed by atoms with E-state index in [1.54, 1.807) is 18.2 Å². The number of nitrogens with one attached hydrogen (secondary N) is 1. The SMILES string of the molecule is CCC1=NN2C(=O)C=C(c3ccc(C(F)(F)F)cc3)NC2/C=C(\c2ccc(F)cc2F)C=C1. The van der Waals surface area contributed by atoms with E-state index in [9.17, 15) is 26.7 Å². The minimum absolute atomic E-state index is 0.129. The maximum atomic E-state index is 14.5. The number of rotatable bonds is 3. The topological polar surface area (TPSA) is 44.7 Å². The maximum absolute atomic E-state index is 14.5. The number of halogens is 5. The fourth-order valence-corrected chi connectivity index (χ4v) is 3.49. The lowest BCUT2D eigenvalue weighted by atomic mass is 10.0. The van der Waals surface area contributed by atoms with Crippen LogP contribution < -0.4 is 5.32 Å². The number of hydrogen-bond donors (Lipinski definition) is 1. The summed E-state index contributed by atoms with van der Waals surface area (Å²) in [6, 6.07) is 7.58. The van der Waals surface area contributed by atoms with E-state index in [0.29, 0.717) is 29.0 Å². The maximum Gasteiger partial charge on any atom is 0.416 e. The van der Waals surface area contributed by atoms with Crippen molar-refractivity contribution >= 4 is 22.9 Å². The Labute approximate surface area is 186 Å². The molecule has 4 rings (SSSR count). The van der Waals surface area contributed by atoms with Crippen molar-refractivity contribution in [2.75, 3.05) is 0 Å². The largest absolute Gasteiger partial charge is 0.416 e. The van der Waals surface area contributed by atoms with E-state index in [-0.39, 0.29) is 5.56 Å². The van der Waals surface area contributed by atoms with Gasteiger partial charge < -0.3 is 5.32 Å². The number of carbonyl (C=O) groups excluding carboxylic acids is 1. The van der Waals surface area contributed by atoms with Gasteiger partial charge in [0.1, 0.15) is 17.8 Å². The molecular formula is C24H18F5N3O. The van der Waals surface area contributed by atoms with Gasteiger partial charge in [0.25, 0.3) is 5.91 Å². The van der Waals surface area contributed by atoms with Crippen LogP contribution in [0.15, 0.2) is 71.9 Å². The first-order chi connectivity index (χ1) is 15.7. The lowest BCUT2D eigenvalue weighted by Crippen LogP contribution is -2.48. The number of nitrogens with zero attached hydrogens (tertiary/aromatic N) is 2. The first-order valence-electron chi connectivity index (χ1n) is 10.1. The van der Waals surface area contributed by atoms with Crippen molar-refractivity contribution in [3.8, 4) is 0 Å². The summed E-state index contributed by atoms with van der Waals surface area (Å²) in [6.07, 6.45) is 1.22. The van der Waals surface area contributed by atoms with Crippen molar-refractivity contribution in [3.05, 3.63) is 95.1 Å². The van der Waals surface area contributed by atoms with Gasteiger partial charge in [-0.15, -0.1) is 0 Å². The van der Waals surface area contributed by atoms with Crippen molar-refractivity contribution in [2.24, 2.45) is 5.10 Å². The average molecular weight is 459 g/mol. The summed E-state index contributed by atoms with van der Waals surface area (Å²) in [4.78, 5) is 12.9. The number of amides is 1. The number of allylic oxidation sites excluding steroid dienone is 3. The monoisotopic (exact) mass is 459 g/mol. The molecule has 2 aliphatic rings. The van der Waals surface area contributed by atoms with Crippen LogP contribution >= 0.6 is 0 Å². The quantitative estimate of drug-likeness (QED) is 0.616. The van der Waals surface area contributed by atoms with Crippen molar-refractivity contribution < 1.29 is 26.7 Å². The van der Waals surface area contributed by atoms with Crippen LogP contribution in [0.1, 0.15) is 30.0 Å². The zero-order valence-corrected chi connectivity index (χ0v) is 17.3. The molecule has 1 N–H and O–H groups in total. The summed E-state index contributed by atoms with van der Waals surface area (Å²) >= 11 is 0. The Hall–Kier alpha value is -3.75. The van der Waals surface area contributed by atoms with Gasteiger partial charge >= 0.3 is 6.18 Å². The summed E-state index contributed by atoms with van der Waals surface area (Å²) in [5.74, 6) is -1.98. The Bertz CT molecular complexity index is 1210.